The van der Waals surface area contributed by atoms with Crippen LogP contribution in [0.3, 0.4) is 0 Å². The fraction of sp³-hybridized carbons (Fsp3) is 0.462. The van der Waals surface area contributed by atoms with Crippen molar-refractivity contribution in [3.05, 3.63) is 39.3 Å². The molecule has 20 heavy (non-hydrogen) atoms. The van der Waals surface area contributed by atoms with Gasteiger partial charge in [-0.05, 0) is 49.0 Å². The van der Waals surface area contributed by atoms with Gasteiger partial charge in [0.1, 0.15) is 11.8 Å². The molecule has 7 heteroatoms. The summed E-state index contributed by atoms with van der Waals surface area (Å²) >= 11 is 0. The lowest BCUT2D eigenvalue weighted by Gasteiger charge is -2.16. The van der Waals surface area contributed by atoms with Gasteiger partial charge in [0.05, 0.1) is 0 Å². The molecule has 0 saturated carbocycles. The number of carboxylic acids is 1. The summed E-state index contributed by atoms with van der Waals surface area (Å²) in [6, 6.07) is 2.46. The van der Waals surface area contributed by atoms with E-state index in [0.717, 1.165) is 0 Å². The van der Waals surface area contributed by atoms with E-state index in [1.807, 2.05) is 0 Å². The van der Waals surface area contributed by atoms with Crippen LogP contribution in [0.1, 0.15) is 29.2 Å². The fourth-order valence-electron chi connectivity index (χ4n) is 1.94. The lowest BCUT2D eigenvalue weighted by atomic mass is 10.00. The van der Waals surface area contributed by atoms with Crippen LogP contribution in [0.25, 0.3) is 10.4 Å². The van der Waals surface area contributed by atoms with Crippen LogP contribution in [0.2, 0.25) is 0 Å². The van der Waals surface area contributed by atoms with Gasteiger partial charge in [-0.1, -0.05) is 17.2 Å². The molecule has 0 aliphatic heterocycles. The van der Waals surface area contributed by atoms with Crippen molar-refractivity contribution >= 4 is 5.97 Å². The molecular formula is C13H18N4O3. The standard InChI is InChI=1S/C13H18N4O3/c1-8-6-10(7-9(2)12(8)18)11(13(19)20)15-4-3-5-16-17-14/h6-7,11,15,18H,3-5H2,1-2H3,(H,19,20). The quantitative estimate of drug-likeness (QED) is 0.307. The minimum absolute atomic E-state index is 0.182. The van der Waals surface area contributed by atoms with Crippen LogP contribution in [0.4, 0.5) is 0 Å². The van der Waals surface area contributed by atoms with E-state index in [-0.39, 0.29) is 5.75 Å². The molecule has 7 nitrogen and oxygen atoms in total. The van der Waals surface area contributed by atoms with Crippen LogP contribution >= 0.6 is 0 Å². The number of aryl methyl sites for hydroxylation is 2. The average molecular weight is 278 g/mol. The van der Waals surface area contributed by atoms with Crippen LogP contribution in [-0.4, -0.2) is 29.3 Å². The minimum atomic E-state index is -0.988. The molecule has 0 bridgehead atoms. The first-order valence-electron chi connectivity index (χ1n) is 6.24. The Labute approximate surface area is 116 Å². The Hall–Kier alpha value is -2.24. The highest BCUT2D eigenvalue weighted by atomic mass is 16.4. The molecule has 0 aliphatic rings. The molecule has 0 spiro atoms. The van der Waals surface area contributed by atoms with E-state index in [4.69, 9.17) is 5.53 Å². The predicted molar refractivity (Wildman–Crippen MR) is 74.6 cm³/mol. The highest BCUT2D eigenvalue weighted by molar-refractivity contribution is 5.76. The molecule has 108 valence electrons. The van der Waals surface area contributed by atoms with Gasteiger partial charge in [-0.15, -0.1) is 0 Å². The molecule has 0 radical (unpaired) electrons. The number of benzene rings is 1. The van der Waals surface area contributed by atoms with E-state index in [0.29, 0.717) is 36.2 Å². The Kier molecular flexibility index (Phi) is 5.83. The van der Waals surface area contributed by atoms with E-state index < -0.39 is 12.0 Å². The molecule has 1 unspecified atom stereocenters. The van der Waals surface area contributed by atoms with Gasteiger partial charge in [0.15, 0.2) is 0 Å². The van der Waals surface area contributed by atoms with Gasteiger partial charge >= 0.3 is 5.97 Å². The number of carbonyl (C=O) groups is 1. The van der Waals surface area contributed by atoms with Gasteiger partial charge in [0.2, 0.25) is 0 Å². The average Bonchev–Trinajstić information content (AvgIpc) is 2.39. The number of aromatic hydroxyl groups is 1. The minimum Gasteiger partial charge on any atom is -0.507 e. The Bertz CT molecular complexity index is 515. The molecule has 3 N–H and O–H groups in total. The van der Waals surface area contributed by atoms with Crippen molar-refractivity contribution in [1.29, 1.82) is 0 Å². The number of hydrogen-bond donors (Lipinski definition) is 3. The first-order chi connectivity index (χ1) is 9.47. The van der Waals surface area contributed by atoms with Gasteiger partial charge < -0.3 is 15.5 Å². The van der Waals surface area contributed by atoms with E-state index in [2.05, 4.69) is 15.3 Å². The lowest BCUT2D eigenvalue weighted by Crippen LogP contribution is -2.29. The first kappa shape index (κ1) is 15.8. The number of nitrogens with zero attached hydrogens (tertiary/aromatic N) is 3. The van der Waals surface area contributed by atoms with Gasteiger partial charge in [-0.3, -0.25) is 4.79 Å². The zero-order chi connectivity index (χ0) is 15.1. The van der Waals surface area contributed by atoms with Crippen LogP contribution in [-0.2, 0) is 4.79 Å². The molecule has 0 aromatic heterocycles. The summed E-state index contributed by atoms with van der Waals surface area (Å²) in [5, 5.41) is 25.3. The van der Waals surface area contributed by atoms with E-state index in [9.17, 15) is 15.0 Å². The summed E-state index contributed by atoms with van der Waals surface area (Å²) in [6.45, 7) is 4.21. The third kappa shape index (κ3) is 4.15. The monoisotopic (exact) mass is 278 g/mol. The molecule has 1 aromatic rings. The summed E-state index contributed by atoms with van der Waals surface area (Å²) in [6.07, 6.45) is 0.559. The van der Waals surface area contributed by atoms with Gasteiger partial charge in [-0.25, -0.2) is 0 Å². The number of carboxylic acid groups (broad SMARTS) is 1. The number of rotatable bonds is 7. The number of nitrogens with one attached hydrogen (secondary N) is 1. The van der Waals surface area contributed by atoms with Gasteiger partial charge in [0, 0.05) is 11.5 Å². The zero-order valence-corrected chi connectivity index (χ0v) is 11.5. The second kappa shape index (κ2) is 7.37. The van der Waals surface area contributed by atoms with Crippen LogP contribution in [0, 0.1) is 13.8 Å². The number of phenolic OH excluding ortho intramolecular Hbond substituents is 1. The molecule has 1 aromatic carbocycles. The Morgan fingerprint density at radius 1 is 1.45 bits per heavy atom. The number of aliphatic carboxylic acids is 1. The predicted octanol–water partition coefficient (Wildman–Crippen LogP) is 2.42. The summed E-state index contributed by atoms with van der Waals surface area (Å²) in [4.78, 5) is 14.0. The van der Waals surface area contributed by atoms with Crippen molar-refractivity contribution in [3.63, 3.8) is 0 Å². The van der Waals surface area contributed by atoms with Crippen molar-refractivity contribution in [2.75, 3.05) is 13.1 Å². The third-order valence-electron chi connectivity index (χ3n) is 2.94. The van der Waals surface area contributed by atoms with Crippen molar-refractivity contribution in [3.8, 4) is 5.75 Å². The zero-order valence-electron chi connectivity index (χ0n) is 11.5. The largest absolute Gasteiger partial charge is 0.507 e. The SMILES string of the molecule is Cc1cc(C(NCCCN=[N+]=[N-])C(=O)O)cc(C)c1O. The smallest absolute Gasteiger partial charge is 0.325 e. The van der Waals surface area contributed by atoms with Crippen LogP contribution in [0.5, 0.6) is 5.75 Å². The van der Waals surface area contributed by atoms with Gasteiger partial charge in [-0.2, -0.15) is 0 Å². The van der Waals surface area contributed by atoms with E-state index in [1.54, 1.807) is 26.0 Å². The molecule has 1 atom stereocenters. The van der Waals surface area contributed by atoms with Crippen LogP contribution < -0.4 is 5.32 Å². The second-order valence-electron chi connectivity index (χ2n) is 4.54. The summed E-state index contributed by atoms with van der Waals surface area (Å²) < 4.78 is 0. The number of hydrogen-bond acceptors (Lipinski definition) is 4. The van der Waals surface area contributed by atoms with Crippen molar-refractivity contribution in [2.24, 2.45) is 5.11 Å². The Morgan fingerprint density at radius 2 is 2.05 bits per heavy atom. The summed E-state index contributed by atoms with van der Waals surface area (Å²) in [5.74, 6) is -0.806. The molecule has 0 aliphatic carbocycles. The van der Waals surface area contributed by atoms with E-state index in [1.165, 1.54) is 0 Å². The highest BCUT2D eigenvalue weighted by Crippen LogP contribution is 2.26. The van der Waals surface area contributed by atoms with E-state index >= 15 is 0 Å². The third-order valence-corrected chi connectivity index (χ3v) is 2.94. The van der Waals surface area contributed by atoms with Crippen molar-refractivity contribution in [2.45, 2.75) is 26.3 Å². The number of phenols is 1. The maximum atomic E-state index is 11.3. The summed E-state index contributed by atoms with van der Waals surface area (Å²) in [7, 11) is 0. The first-order valence-corrected chi connectivity index (χ1v) is 6.24. The number of azide groups is 1. The maximum absolute atomic E-state index is 11.3. The Balaban J connectivity index is 2.81. The molecule has 1 rings (SSSR count). The second-order valence-corrected chi connectivity index (χ2v) is 4.54. The van der Waals surface area contributed by atoms with Gasteiger partial charge in [0.25, 0.3) is 0 Å². The Morgan fingerprint density at radius 3 is 2.55 bits per heavy atom. The normalized spacial score (nSPS) is 11.7. The molecule has 0 saturated heterocycles. The maximum Gasteiger partial charge on any atom is 0.325 e. The molecule has 0 fully saturated rings. The topological polar surface area (TPSA) is 118 Å². The van der Waals surface area contributed by atoms with Crippen molar-refractivity contribution in [1.82, 2.24) is 5.32 Å². The lowest BCUT2D eigenvalue weighted by molar-refractivity contribution is -0.139. The summed E-state index contributed by atoms with van der Waals surface area (Å²) in [5.41, 5.74) is 10.0. The fourth-order valence-corrected chi connectivity index (χ4v) is 1.94. The molecule has 0 amide bonds. The molecular weight excluding hydrogens is 260 g/mol. The van der Waals surface area contributed by atoms with Crippen molar-refractivity contribution < 1.29 is 15.0 Å². The van der Waals surface area contributed by atoms with Crippen LogP contribution in [0.15, 0.2) is 17.2 Å². The molecule has 0 heterocycles. The highest BCUT2D eigenvalue weighted by Gasteiger charge is 2.20.